The summed E-state index contributed by atoms with van der Waals surface area (Å²) in [6, 6.07) is 7.34. The Kier molecular flexibility index (Phi) is 5.23. The van der Waals surface area contributed by atoms with Gasteiger partial charge in [0.05, 0.1) is 10.4 Å². The van der Waals surface area contributed by atoms with Crippen LogP contribution in [0.2, 0.25) is 0 Å². The number of esters is 1. The van der Waals surface area contributed by atoms with E-state index in [1.165, 1.54) is 6.26 Å². The first-order chi connectivity index (χ1) is 11.6. The molecule has 0 radical (unpaired) electrons. The van der Waals surface area contributed by atoms with Gasteiger partial charge >= 0.3 is 5.97 Å². The first-order valence-electron chi connectivity index (χ1n) is 8.10. The minimum Gasteiger partial charge on any atom is -0.493 e. The fourth-order valence-corrected chi connectivity index (χ4v) is 3.40. The first kappa shape index (κ1) is 17.0. The summed E-state index contributed by atoms with van der Waals surface area (Å²) < 4.78 is 17.6. The van der Waals surface area contributed by atoms with E-state index in [0.29, 0.717) is 31.4 Å². The molecule has 5 nitrogen and oxygen atoms in total. The van der Waals surface area contributed by atoms with Crippen LogP contribution in [-0.2, 0) is 19.1 Å². The molecule has 0 N–H and O–H groups in total. The smallest absolute Gasteiger partial charge is 0.305 e. The average molecular weight is 395 g/mol. The number of hydrogen-bond acceptors (Lipinski definition) is 5. The normalized spacial score (nSPS) is 26.0. The van der Waals surface area contributed by atoms with Crippen LogP contribution < -0.4 is 4.74 Å². The van der Waals surface area contributed by atoms with Crippen molar-refractivity contribution in [2.75, 3.05) is 0 Å². The van der Waals surface area contributed by atoms with Gasteiger partial charge in [-0.05, 0) is 40.9 Å². The molecule has 1 saturated carbocycles. The Bertz CT molecular complexity index is 669. The predicted molar refractivity (Wildman–Crippen MR) is 90.2 cm³/mol. The standard InChI is InChI=1S/C18H19BrO5/c1-2-17(20)23-11-7-8-12-15(9-11)22-10-16(18(12)21)24-14-6-4-3-5-13(14)19/h3-6,10-12,15H,2,7-9H2,1H3. The van der Waals surface area contributed by atoms with Crippen molar-refractivity contribution in [1.82, 2.24) is 0 Å². The van der Waals surface area contributed by atoms with Crippen LogP contribution >= 0.6 is 15.9 Å². The third kappa shape index (κ3) is 3.64. The maximum atomic E-state index is 12.7. The number of allylic oxidation sites excluding steroid dienone is 1. The van der Waals surface area contributed by atoms with Gasteiger partial charge in [-0.2, -0.15) is 0 Å². The molecular formula is C18H19BrO5. The molecule has 1 fully saturated rings. The Morgan fingerprint density at radius 1 is 1.33 bits per heavy atom. The third-order valence-corrected chi connectivity index (χ3v) is 4.97. The van der Waals surface area contributed by atoms with Crippen LogP contribution in [0.1, 0.15) is 32.6 Å². The highest BCUT2D eigenvalue weighted by Crippen LogP contribution is 2.36. The molecule has 6 heteroatoms. The van der Waals surface area contributed by atoms with Gasteiger partial charge in [0.25, 0.3) is 0 Å². The largest absolute Gasteiger partial charge is 0.493 e. The molecule has 128 valence electrons. The maximum Gasteiger partial charge on any atom is 0.305 e. The molecule has 1 heterocycles. The summed E-state index contributed by atoms with van der Waals surface area (Å²) >= 11 is 3.40. The molecule has 1 aromatic rings. The van der Waals surface area contributed by atoms with Gasteiger partial charge in [-0.15, -0.1) is 0 Å². The van der Waals surface area contributed by atoms with Crippen LogP contribution in [0.25, 0.3) is 0 Å². The van der Waals surface area contributed by atoms with Crippen molar-refractivity contribution < 1.29 is 23.8 Å². The molecule has 1 aromatic carbocycles. The highest BCUT2D eigenvalue weighted by molar-refractivity contribution is 9.10. The van der Waals surface area contributed by atoms with E-state index in [9.17, 15) is 9.59 Å². The minimum absolute atomic E-state index is 0.0535. The van der Waals surface area contributed by atoms with Gasteiger partial charge in [0, 0.05) is 12.8 Å². The van der Waals surface area contributed by atoms with Crippen molar-refractivity contribution in [2.24, 2.45) is 5.92 Å². The molecule has 0 amide bonds. The van der Waals surface area contributed by atoms with Crippen molar-refractivity contribution in [1.29, 1.82) is 0 Å². The second-order valence-electron chi connectivity index (χ2n) is 5.94. The van der Waals surface area contributed by atoms with Gasteiger partial charge in [-0.25, -0.2) is 0 Å². The molecule has 0 aromatic heterocycles. The number of rotatable bonds is 4. The number of halogens is 1. The van der Waals surface area contributed by atoms with Crippen LogP contribution in [0.15, 0.2) is 40.8 Å². The number of carbonyl (C=O) groups excluding carboxylic acids is 2. The number of Topliss-reactive ketones (excluding diaryl/α,β-unsaturated/α-hetero) is 1. The molecule has 1 aliphatic heterocycles. The maximum absolute atomic E-state index is 12.7. The zero-order chi connectivity index (χ0) is 17.1. The monoisotopic (exact) mass is 394 g/mol. The van der Waals surface area contributed by atoms with E-state index in [0.717, 1.165) is 4.47 Å². The van der Waals surface area contributed by atoms with Gasteiger partial charge in [-0.3, -0.25) is 9.59 Å². The van der Waals surface area contributed by atoms with E-state index in [-0.39, 0.29) is 35.6 Å². The van der Waals surface area contributed by atoms with Crippen LogP contribution in [0.5, 0.6) is 5.75 Å². The zero-order valence-electron chi connectivity index (χ0n) is 13.4. The average Bonchev–Trinajstić information content (AvgIpc) is 2.59. The van der Waals surface area contributed by atoms with Gasteiger partial charge < -0.3 is 14.2 Å². The number of carbonyl (C=O) groups is 2. The molecule has 3 unspecified atom stereocenters. The minimum atomic E-state index is -0.257. The molecule has 24 heavy (non-hydrogen) atoms. The highest BCUT2D eigenvalue weighted by Gasteiger charge is 2.42. The molecule has 0 bridgehead atoms. The van der Waals surface area contributed by atoms with Crippen molar-refractivity contribution in [3.05, 3.63) is 40.8 Å². The summed E-state index contributed by atoms with van der Waals surface area (Å²) in [5.74, 6) is 0.275. The van der Waals surface area contributed by atoms with E-state index in [4.69, 9.17) is 14.2 Å². The first-order valence-corrected chi connectivity index (χ1v) is 8.89. The quantitative estimate of drug-likeness (QED) is 0.727. The fourth-order valence-electron chi connectivity index (χ4n) is 3.03. The summed E-state index contributed by atoms with van der Waals surface area (Å²) in [6.45, 7) is 1.77. The Hall–Kier alpha value is -1.82. The van der Waals surface area contributed by atoms with Crippen LogP contribution in [-0.4, -0.2) is 24.0 Å². The predicted octanol–water partition coefficient (Wildman–Crippen LogP) is 3.76. The molecule has 3 rings (SSSR count). The Morgan fingerprint density at radius 3 is 2.88 bits per heavy atom. The van der Waals surface area contributed by atoms with Crippen LogP contribution in [0.3, 0.4) is 0 Å². The van der Waals surface area contributed by atoms with Crippen LogP contribution in [0, 0.1) is 5.92 Å². The number of ketones is 1. The molecule has 2 aliphatic rings. The lowest BCUT2D eigenvalue weighted by molar-refractivity contribution is -0.154. The molecule has 3 atom stereocenters. The second kappa shape index (κ2) is 7.38. The summed E-state index contributed by atoms with van der Waals surface area (Å²) in [5, 5.41) is 0. The molecular weight excluding hydrogens is 376 g/mol. The SMILES string of the molecule is CCC(=O)OC1CCC2C(=O)C(Oc3ccccc3Br)=COC2C1. The molecule has 1 aliphatic carbocycles. The van der Waals surface area contributed by atoms with E-state index in [2.05, 4.69) is 15.9 Å². The van der Waals surface area contributed by atoms with Crippen molar-refractivity contribution in [3.8, 4) is 5.75 Å². The second-order valence-corrected chi connectivity index (χ2v) is 6.79. The summed E-state index contributed by atoms with van der Waals surface area (Å²) in [5.41, 5.74) is 0. The highest BCUT2D eigenvalue weighted by atomic mass is 79.9. The summed E-state index contributed by atoms with van der Waals surface area (Å²) in [6.07, 6.45) is 3.15. The van der Waals surface area contributed by atoms with Gasteiger partial charge in [0.15, 0.2) is 0 Å². The van der Waals surface area contributed by atoms with E-state index < -0.39 is 0 Å². The molecule has 0 spiro atoms. The van der Waals surface area contributed by atoms with E-state index >= 15 is 0 Å². The Balaban J connectivity index is 1.67. The number of ether oxygens (including phenoxy) is 3. The topological polar surface area (TPSA) is 61.8 Å². The number of hydrogen-bond donors (Lipinski definition) is 0. The number of fused-ring (bicyclic) bond motifs is 1. The van der Waals surface area contributed by atoms with E-state index in [1.54, 1.807) is 13.0 Å². The summed E-state index contributed by atoms with van der Waals surface area (Å²) in [7, 11) is 0. The lowest BCUT2D eigenvalue weighted by Gasteiger charge is -2.36. The molecule has 0 saturated heterocycles. The zero-order valence-corrected chi connectivity index (χ0v) is 15.0. The van der Waals surface area contributed by atoms with Crippen molar-refractivity contribution in [2.45, 2.75) is 44.8 Å². The van der Waals surface area contributed by atoms with Crippen molar-refractivity contribution >= 4 is 27.7 Å². The number of benzene rings is 1. The van der Waals surface area contributed by atoms with E-state index in [1.807, 2.05) is 18.2 Å². The third-order valence-electron chi connectivity index (χ3n) is 4.32. The lowest BCUT2D eigenvalue weighted by atomic mass is 9.80. The van der Waals surface area contributed by atoms with Gasteiger partial charge in [0.2, 0.25) is 11.5 Å². The van der Waals surface area contributed by atoms with Crippen LogP contribution in [0.4, 0.5) is 0 Å². The number of para-hydroxylation sites is 1. The Labute approximate surface area is 149 Å². The summed E-state index contributed by atoms with van der Waals surface area (Å²) in [4.78, 5) is 24.1. The fraction of sp³-hybridized carbons (Fsp3) is 0.444. The lowest BCUT2D eigenvalue weighted by Crippen LogP contribution is -2.43. The van der Waals surface area contributed by atoms with Gasteiger partial charge in [0.1, 0.15) is 24.2 Å². The van der Waals surface area contributed by atoms with Crippen molar-refractivity contribution in [3.63, 3.8) is 0 Å². The Morgan fingerprint density at radius 2 is 2.12 bits per heavy atom. The van der Waals surface area contributed by atoms with Gasteiger partial charge in [-0.1, -0.05) is 19.1 Å².